The Morgan fingerprint density at radius 3 is 2.69 bits per heavy atom. The van der Waals surface area contributed by atoms with E-state index in [0.29, 0.717) is 26.7 Å². The van der Waals surface area contributed by atoms with E-state index in [1.54, 1.807) is 18.2 Å². The third-order valence-corrected chi connectivity index (χ3v) is 5.58. The minimum absolute atomic E-state index is 0.392. The average molecular weight is 401 g/mol. The van der Waals surface area contributed by atoms with Crippen LogP contribution in [-0.2, 0) is 5.75 Å². The molecule has 0 aliphatic heterocycles. The van der Waals surface area contributed by atoms with E-state index in [-0.39, 0.29) is 0 Å². The van der Waals surface area contributed by atoms with Crippen LogP contribution < -0.4 is 0 Å². The van der Waals surface area contributed by atoms with Gasteiger partial charge in [-0.25, -0.2) is 0 Å². The summed E-state index contributed by atoms with van der Waals surface area (Å²) in [7, 11) is 0. The molecule has 130 valence electrons. The molecular weight excluding hydrogens is 387 g/mol. The first-order chi connectivity index (χ1) is 12.6. The molecule has 0 aliphatic carbocycles. The standard InChI is InChI=1S/C20H14Cl2N2OS/c1-12-6-7-13-4-2-3-5-15(13)17(12)11-26-20-24-23-19(25-20)16-9-8-14(21)10-18(16)22/h2-10H,11H2,1H3. The van der Waals surface area contributed by atoms with E-state index in [9.17, 15) is 0 Å². The van der Waals surface area contributed by atoms with Crippen molar-refractivity contribution in [1.29, 1.82) is 0 Å². The monoisotopic (exact) mass is 400 g/mol. The molecule has 0 saturated carbocycles. The topological polar surface area (TPSA) is 38.9 Å². The van der Waals surface area contributed by atoms with E-state index >= 15 is 0 Å². The minimum Gasteiger partial charge on any atom is -0.411 e. The molecule has 0 atom stereocenters. The molecule has 26 heavy (non-hydrogen) atoms. The summed E-state index contributed by atoms with van der Waals surface area (Å²) in [5, 5.41) is 12.3. The van der Waals surface area contributed by atoms with Crippen LogP contribution in [0.25, 0.3) is 22.2 Å². The predicted octanol–water partition coefficient (Wildman–Crippen LogP) is 6.80. The molecule has 6 heteroatoms. The summed E-state index contributed by atoms with van der Waals surface area (Å²) in [6.07, 6.45) is 0. The van der Waals surface area contributed by atoms with Crippen LogP contribution in [0.2, 0.25) is 10.0 Å². The summed E-state index contributed by atoms with van der Waals surface area (Å²) >= 11 is 13.7. The zero-order valence-electron chi connectivity index (χ0n) is 13.9. The van der Waals surface area contributed by atoms with Gasteiger partial charge in [0.2, 0.25) is 5.89 Å². The van der Waals surface area contributed by atoms with Crippen molar-refractivity contribution in [3.8, 4) is 11.5 Å². The van der Waals surface area contributed by atoms with Gasteiger partial charge in [0.15, 0.2) is 0 Å². The van der Waals surface area contributed by atoms with Crippen LogP contribution in [0, 0.1) is 6.92 Å². The molecular formula is C20H14Cl2N2OS. The quantitative estimate of drug-likeness (QED) is 0.353. The normalized spacial score (nSPS) is 11.2. The van der Waals surface area contributed by atoms with Crippen molar-refractivity contribution in [3.05, 3.63) is 75.8 Å². The summed E-state index contributed by atoms with van der Waals surface area (Å²) in [5.41, 5.74) is 3.20. The SMILES string of the molecule is Cc1ccc2ccccc2c1CSc1nnc(-c2ccc(Cl)cc2Cl)o1. The number of rotatable bonds is 4. The molecule has 0 fully saturated rings. The van der Waals surface area contributed by atoms with Gasteiger partial charge < -0.3 is 4.42 Å². The second-order valence-corrected chi connectivity index (χ2v) is 7.64. The number of aromatic nitrogens is 2. The first kappa shape index (κ1) is 17.4. The number of fused-ring (bicyclic) bond motifs is 1. The molecule has 0 bridgehead atoms. The molecule has 0 spiro atoms. The minimum atomic E-state index is 0.392. The first-order valence-electron chi connectivity index (χ1n) is 8.01. The largest absolute Gasteiger partial charge is 0.411 e. The Balaban J connectivity index is 1.58. The first-order valence-corrected chi connectivity index (χ1v) is 9.75. The third kappa shape index (κ3) is 3.45. The van der Waals surface area contributed by atoms with Crippen LogP contribution in [0.4, 0.5) is 0 Å². The summed E-state index contributed by atoms with van der Waals surface area (Å²) in [6, 6.07) is 17.9. The molecule has 1 heterocycles. The number of benzene rings is 3. The van der Waals surface area contributed by atoms with Gasteiger partial charge in [-0.15, -0.1) is 10.2 Å². The fourth-order valence-corrected chi connectivity index (χ4v) is 4.19. The number of nitrogens with zero attached hydrogens (tertiary/aromatic N) is 2. The van der Waals surface area contributed by atoms with Crippen molar-refractivity contribution >= 4 is 45.7 Å². The van der Waals surface area contributed by atoms with Gasteiger partial charge in [-0.05, 0) is 47.0 Å². The maximum Gasteiger partial charge on any atom is 0.277 e. The van der Waals surface area contributed by atoms with Crippen molar-refractivity contribution in [1.82, 2.24) is 10.2 Å². The van der Waals surface area contributed by atoms with Crippen LogP contribution in [0.1, 0.15) is 11.1 Å². The Kier molecular flexibility index (Phi) is 4.90. The average Bonchev–Trinajstić information content (AvgIpc) is 3.09. The maximum atomic E-state index is 6.21. The lowest BCUT2D eigenvalue weighted by atomic mass is 10.0. The molecule has 4 rings (SSSR count). The molecule has 3 nitrogen and oxygen atoms in total. The van der Waals surface area contributed by atoms with Crippen molar-refractivity contribution < 1.29 is 4.42 Å². The number of aryl methyl sites for hydroxylation is 1. The van der Waals surface area contributed by atoms with Crippen molar-refractivity contribution in [2.75, 3.05) is 0 Å². The highest BCUT2D eigenvalue weighted by Gasteiger charge is 2.14. The molecule has 0 amide bonds. The lowest BCUT2D eigenvalue weighted by molar-refractivity contribution is 0.466. The highest BCUT2D eigenvalue weighted by Crippen LogP contribution is 2.33. The zero-order valence-corrected chi connectivity index (χ0v) is 16.2. The Morgan fingerprint density at radius 2 is 1.85 bits per heavy atom. The molecule has 1 aromatic heterocycles. The molecule has 0 N–H and O–H groups in total. The molecule has 0 saturated heterocycles. The summed E-state index contributed by atoms with van der Waals surface area (Å²) in [4.78, 5) is 0. The molecule has 0 radical (unpaired) electrons. The maximum absolute atomic E-state index is 6.21. The number of halogens is 2. The summed E-state index contributed by atoms with van der Waals surface area (Å²) in [6.45, 7) is 2.12. The lowest BCUT2D eigenvalue weighted by Gasteiger charge is -2.08. The van der Waals surface area contributed by atoms with Gasteiger partial charge >= 0.3 is 0 Å². The van der Waals surface area contributed by atoms with Crippen LogP contribution in [0.5, 0.6) is 0 Å². The summed E-state index contributed by atoms with van der Waals surface area (Å²) < 4.78 is 5.78. The molecule has 4 aromatic rings. The highest BCUT2D eigenvalue weighted by atomic mass is 35.5. The van der Waals surface area contributed by atoms with E-state index < -0.39 is 0 Å². The van der Waals surface area contributed by atoms with Crippen LogP contribution in [0.3, 0.4) is 0 Å². The highest BCUT2D eigenvalue weighted by molar-refractivity contribution is 7.98. The van der Waals surface area contributed by atoms with E-state index in [2.05, 4.69) is 53.5 Å². The third-order valence-electron chi connectivity index (χ3n) is 4.18. The Bertz CT molecular complexity index is 1090. The predicted molar refractivity (Wildman–Crippen MR) is 108 cm³/mol. The van der Waals surface area contributed by atoms with E-state index in [4.69, 9.17) is 27.6 Å². The van der Waals surface area contributed by atoms with E-state index in [0.717, 1.165) is 5.75 Å². The Labute approximate surface area is 165 Å². The van der Waals surface area contributed by atoms with Crippen LogP contribution in [0.15, 0.2) is 64.2 Å². The van der Waals surface area contributed by atoms with Crippen molar-refractivity contribution in [3.63, 3.8) is 0 Å². The van der Waals surface area contributed by atoms with Gasteiger partial charge in [0.05, 0.1) is 10.6 Å². The zero-order chi connectivity index (χ0) is 18.1. The van der Waals surface area contributed by atoms with Crippen LogP contribution in [-0.4, -0.2) is 10.2 Å². The van der Waals surface area contributed by atoms with Crippen molar-refractivity contribution in [2.24, 2.45) is 0 Å². The molecule has 0 unspecified atom stereocenters. The van der Waals surface area contributed by atoms with Gasteiger partial charge in [-0.2, -0.15) is 0 Å². The molecule has 3 aromatic carbocycles. The van der Waals surface area contributed by atoms with Gasteiger partial charge in [-0.1, -0.05) is 71.4 Å². The van der Waals surface area contributed by atoms with E-state index in [1.165, 1.54) is 33.7 Å². The van der Waals surface area contributed by atoms with E-state index in [1.807, 2.05) is 0 Å². The number of hydrogen-bond acceptors (Lipinski definition) is 4. The van der Waals surface area contributed by atoms with Gasteiger partial charge in [0, 0.05) is 10.8 Å². The fourth-order valence-electron chi connectivity index (χ4n) is 2.81. The Hall–Kier alpha value is -2.01. The second-order valence-electron chi connectivity index (χ2n) is 5.87. The van der Waals surface area contributed by atoms with Gasteiger partial charge in [-0.3, -0.25) is 0 Å². The van der Waals surface area contributed by atoms with Crippen LogP contribution >= 0.6 is 35.0 Å². The number of thioether (sulfide) groups is 1. The van der Waals surface area contributed by atoms with Gasteiger partial charge in [0.1, 0.15) is 0 Å². The smallest absolute Gasteiger partial charge is 0.277 e. The van der Waals surface area contributed by atoms with Crippen molar-refractivity contribution in [2.45, 2.75) is 17.9 Å². The lowest BCUT2D eigenvalue weighted by Crippen LogP contribution is -1.89. The fraction of sp³-hybridized carbons (Fsp3) is 0.100. The Morgan fingerprint density at radius 1 is 1.00 bits per heavy atom. The summed E-state index contributed by atoms with van der Waals surface area (Å²) in [5.74, 6) is 1.15. The van der Waals surface area contributed by atoms with Gasteiger partial charge in [0.25, 0.3) is 5.22 Å². The molecule has 0 aliphatic rings. The second kappa shape index (κ2) is 7.31. The number of hydrogen-bond donors (Lipinski definition) is 0.